The molecule has 1 heterocycles. The van der Waals surface area contributed by atoms with Gasteiger partial charge in [-0.25, -0.2) is 0 Å². The molecule has 0 spiro atoms. The van der Waals surface area contributed by atoms with Crippen LogP contribution in [0.25, 0.3) is 0 Å². The molecule has 1 saturated heterocycles. The van der Waals surface area contributed by atoms with E-state index in [0.29, 0.717) is 6.42 Å². The molecule has 0 saturated carbocycles. The van der Waals surface area contributed by atoms with Crippen molar-refractivity contribution in [3.05, 3.63) is 14.5 Å². The number of aliphatic hydroxyl groups is 5. The van der Waals surface area contributed by atoms with E-state index in [-0.39, 0.29) is 53.1 Å². The number of carbonyl (C=O) groups excluding carboxylic acids is 1. The van der Waals surface area contributed by atoms with Crippen molar-refractivity contribution in [2.24, 2.45) is 0 Å². The molecule has 1 aliphatic rings. The SMILES string of the molecule is [CH2-]NCC1OC(OC[C@H](NC(=O)C#CC#CC#CC#CC#CC#CC#CC#CC#CC#CC#CC#CC)[C@H](O)[C@@H](O)CCCCCCCCCCCCCC)C(O)C(O)C1O.[CH3-].[Y]. The van der Waals surface area contributed by atoms with Gasteiger partial charge in [0.25, 0.3) is 5.91 Å². The minimum absolute atomic E-state index is 0. The van der Waals surface area contributed by atoms with E-state index < -0.39 is 61.5 Å². The van der Waals surface area contributed by atoms with Gasteiger partial charge in [-0.05, 0) is 115 Å². The zero-order chi connectivity index (χ0) is 44.6. The largest absolute Gasteiger partial charge is 0.470 e. The molecule has 0 aromatic carbocycles. The Hall–Kier alpha value is -5.03. The summed E-state index contributed by atoms with van der Waals surface area (Å²) < 4.78 is 11.3. The number of aliphatic hydroxyl groups excluding tert-OH is 5. The van der Waals surface area contributed by atoms with Crippen LogP contribution in [-0.2, 0) is 47.0 Å². The average molecular weight is 926 g/mol. The van der Waals surface area contributed by atoms with Crippen LogP contribution in [0.2, 0.25) is 0 Å². The van der Waals surface area contributed by atoms with Gasteiger partial charge >= 0.3 is 0 Å². The zero-order valence-electron chi connectivity index (χ0n) is 36.5. The number of nitrogens with one attached hydrogen (secondary N) is 2. The summed E-state index contributed by atoms with van der Waals surface area (Å²) in [6.45, 7) is 3.50. The predicted octanol–water partition coefficient (Wildman–Crippen LogP) is 2.00. The summed E-state index contributed by atoms with van der Waals surface area (Å²) in [5.74, 6) is 58.6. The Morgan fingerprint density at radius 2 is 1.02 bits per heavy atom. The van der Waals surface area contributed by atoms with E-state index in [2.05, 4.69) is 167 Å². The predicted molar refractivity (Wildman–Crippen MR) is 241 cm³/mol. The number of ether oxygens (including phenoxy) is 2. The molecular weight excluding hydrogens is 869 g/mol. The van der Waals surface area contributed by atoms with Crippen LogP contribution in [0.3, 0.4) is 0 Å². The maximum atomic E-state index is 12.7. The Labute approximate surface area is 402 Å². The van der Waals surface area contributed by atoms with Crippen molar-refractivity contribution in [2.75, 3.05) is 13.2 Å². The second-order valence-corrected chi connectivity index (χ2v) is 13.2. The van der Waals surface area contributed by atoms with Crippen molar-refractivity contribution in [1.29, 1.82) is 0 Å². The molecule has 1 fully saturated rings. The summed E-state index contributed by atoms with van der Waals surface area (Å²) >= 11 is 0. The Morgan fingerprint density at radius 1 is 0.619 bits per heavy atom. The van der Waals surface area contributed by atoms with Gasteiger partial charge in [-0.15, -0.1) is 0 Å². The third-order valence-electron chi connectivity index (χ3n) is 8.54. The summed E-state index contributed by atoms with van der Waals surface area (Å²) in [6, 6.07) is -1.20. The third kappa shape index (κ3) is 31.5. The van der Waals surface area contributed by atoms with Gasteiger partial charge in [-0.3, -0.25) is 11.8 Å². The van der Waals surface area contributed by atoms with Crippen LogP contribution in [0.4, 0.5) is 0 Å². The maximum Gasteiger partial charge on any atom is 0.297 e. The summed E-state index contributed by atoms with van der Waals surface area (Å²) in [5, 5.41) is 58.1. The first-order valence-electron chi connectivity index (χ1n) is 20.2. The topological polar surface area (TPSA) is 161 Å². The Kier molecular flexibility index (Phi) is 40.3. The third-order valence-corrected chi connectivity index (χ3v) is 8.54. The second-order valence-electron chi connectivity index (χ2n) is 13.2. The van der Waals surface area contributed by atoms with E-state index in [1.54, 1.807) is 6.92 Å². The number of unbranched alkanes of at least 4 members (excludes halogenated alkanes) is 11. The van der Waals surface area contributed by atoms with Crippen molar-refractivity contribution >= 4 is 5.91 Å². The Balaban J connectivity index is 0. The van der Waals surface area contributed by atoms with Gasteiger partial charge in [0.05, 0.1) is 24.9 Å². The Bertz CT molecular complexity index is 2170. The van der Waals surface area contributed by atoms with E-state index >= 15 is 0 Å². The molecule has 1 radical (unpaired) electrons. The van der Waals surface area contributed by atoms with Gasteiger partial charge in [-0.1, -0.05) is 89.9 Å². The van der Waals surface area contributed by atoms with Gasteiger partial charge < -0.3 is 53.1 Å². The number of hydrogen-bond acceptors (Lipinski definition) is 9. The fourth-order valence-corrected chi connectivity index (χ4v) is 5.40. The molecule has 0 aromatic rings. The molecule has 327 valence electrons. The van der Waals surface area contributed by atoms with Gasteiger partial charge in [0, 0.05) is 74.2 Å². The smallest absolute Gasteiger partial charge is 0.297 e. The van der Waals surface area contributed by atoms with E-state index in [1.807, 2.05) is 0 Å². The summed E-state index contributed by atoms with van der Waals surface area (Å²) in [7, 11) is 3.49. The first kappa shape index (κ1) is 60.1. The number of carbonyl (C=O) groups is 1. The van der Waals surface area contributed by atoms with Crippen molar-refractivity contribution < 1.29 is 72.5 Å². The van der Waals surface area contributed by atoms with Crippen LogP contribution >= 0.6 is 0 Å². The molecule has 0 aromatic heterocycles. The minimum atomic E-state index is -1.64. The number of amides is 1. The van der Waals surface area contributed by atoms with Gasteiger partial charge in [0.1, 0.15) is 24.4 Å². The molecule has 7 N–H and O–H groups in total. The molecule has 0 aliphatic carbocycles. The van der Waals surface area contributed by atoms with Gasteiger partial charge in [0.15, 0.2) is 6.29 Å². The van der Waals surface area contributed by atoms with Gasteiger partial charge in [-0.2, -0.15) is 0 Å². The first-order valence-corrected chi connectivity index (χ1v) is 20.2. The van der Waals surface area contributed by atoms with Crippen LogP contribution in [-0.4, -0.2) is 93.5 Å². The van der Waals surface area contributed by atoms with Crippen molar-refractivity contribution in [2.45, 2.75) is 146 Å². The molecule has 1 aliphatic heterocycles. The quantitative estimate of drug-likeness (QED) is 0.0520. The van der Waals surface area contributed by atoms with Crippen LogP contribution in [0.1, 0.15) is 97.3 Å². The number of rotatable bonds is 21. The maximum absolute atomic E-state index is 12.7. The van der Waals surface area contributed by atoms with Crippen molar-refractivity contribution in [1.82, 2.24) is 10.6 Å². The summed E-state index contributed by atoms with van der Waals surface area (Å²) in [4.78, 5) is 12.7. The molecule has 8 atom stereocenters. The van der Waals surface area contributed by atoms with Crippen molar-refractivity contribution in [3.8, 4) is 142 Å². The molecule has 5 unspecified atom stereocenters. The van der Waals surface area contributed by atoms with E-state index in [0.717, 1.165) is 19.3 Å². The zero-order valence-corrected chi connectivity index (χ0v) is 39.3. The first-order chi connectivity index (χ1) is 29.8. The molecule has 11 heteroatoms. The van der Waals surface area contributed by atoms with Crippen LogP contribution < -0.4 is 10.6 Å². The van der Waals surface area contributed by atoms with E-state index in [1.165, 1.54) is 51.4 Å². The molecule has 1 rings (SSSR count). The van der Waals surface area contributed by atoms with E-state index in [4.69, 9.17) is 9.47 Å². The van der Waals surface area contributed by atoms with E-state index in [9.17, 15) is 30.3 Å². The molecule has 0 bridgehead atoms. The molecule has 10 nitrogen and oxygen atoms in total. The second kappa shape index (κ2) is 42.3. The van der Waals surface area contributed by atoms with Crippen LogP contribution in [0.15, 0.2) is 0 Å². The normalized spacial score (nSPS) is 17.1. The molecular formula is C52H56N2O8Y-2. The minimum Gasteiger partial charge on any atom is -0.470 e. The fraction of sp³-hybridized carbons (Fsp3) is 0.481. The van der Waals surface area contributed by atoms with Crippen LogP contribution in [0, 0.1) is 157 Å². The van der Waals surface area contributed by atoms with Crippen molar-refractivity contribution in [3.63, 3.8) is 0 Å². The standard InChI is InChI=1S/C51H53N2O8.CH3.Y/c1-4-6-8-10-12-14-16-18-19-20-21-22-23-24-25-26-27-28-30-32-34-36-38-40-46(55)53-43(42-60-51-50(59)49(58)48(57)45(61-51)41-52-3)47(56)44(54)39-37-35-33-31-29-17-15-13-11-9-7-5-2;;/h43-45,47-52,54,56-59H,3,5,7,9,11,13,15,17,29,31,33,35,37,39,41-42H2,1-2H3,(H,53,55);1H3;/q2*-1;/t43-,44-,45?,47-,48?,49?,50?,51?;;/m0../s1. The van der Waals surface area contributed by atoms with Crippen LogP contribution in [0.5, 0.6) is 0 Å². The molecule has 1 amide bonds. The van der Waals surface area contributed by atoms with Gasteiger partial charge in [0.2, 0.25) is 0 Å². The summed E-state index contributed by atoms with van der Waals surface area (Å²) in [5.41, 5.74) is 0. The number of hydrogen-bond donors (Lipinski definition) is 7. The summed E-state index contributed by atoms with van der Waals surface area (Å²) in [6.07, 6.45) is 4.32. The molecule has 63 heavy (non-hydrogen) atoms. The average Bonchev–Trinajstić information content (AvgIpc) is 3.25. The fourth-order valence-electron chi connectivity index (χ4n) is 5.40. The monoisotopic (exact) mass is 925 g/mol. The Morgan fingerprint density at radius 3 is 1.43 bits per heavy atom.